The van der Waals surface area contributed by atoms with Gasteiger partial charge in [0.15, 0.2) is 0 Å². The van der Waals surface area contributed by atoms with Gasteiger partial charge in [-0.25, -0.2) is 4.79 Å². The molecule has 2 heterocycles. The highest BCUT2D eigenvalue weighted by molar-refractivity contribution is 5.87. The van der Waals surface area contributed by atoms with Gasteiger partial charge in [0, 0.05) is 0 Å². The van der Waals surface area contributed by atoms with E-state index in [1.165, 1.54) is 19.1 Å². The van der Waals surface area contributed by atoms with Crippen LogP contribution in [0.15, 0.2) is 16.7 Å². The predicted molar refractivity (Wildman–Crippen MR) is 68.5 cm³/mol. The molecular weight excluding hydrogens is 230 g/mol. The van der Waals surface area contributed by atoms with Gasteiger partial charge in [0.25, 0.3) is 0 Å². The molecule has 1 N–H and O–H groups in total. The predicted octanol–water partition coefficient (Wildman–Crippen LogP) is 2.85. The fourth-order valence-electron chi connectivity index (χ4n) is 2.57. The van der Waals surface area contributed by atoms with Crippen LogP contribution in [0.1, 0.15) is 42.8 Å². The third kappa shape index (κ3) is 3.13. The third-order valence-corrected chi connectivity index (χ3v) is 3.86. The van der Waals surface area contributed by atoms with E-state index in [4.69, 9.17) is 9.52 Å². The highest BCUT2D eigenvalue weighted by Gasteiger charge is 2.22. The van der Waals surface area contributed by atoms with Crippen molar-refractivity contribution in [3.63, 3.8) is 0 Å². The highest BCUT2D eigenvalue weighted by Crippen LogP contribution is 2.25. The summed E-state index contributed by atoms with van der Waals surface area (Å²) < 4.78 is 5.28. The smallest absolute Gasteiger partial charge is 0.338 e. The Hall–Kier alpha value is -1.29. The monoisotopic (exact) mass is 251 g/mol. The van der Waals surface area contributed by atoms with E-state index >= 15 is 0 Å². The summed E-state index contributed by atoms with van der Waals surface area (Å²) in [6.07, 6.45) is 3.77. The van der Waals surface area contributed by atoms with Crippen molar-refractivity contribution in [2.24, 2.45) is 11.8 Å². The number of furan rings is 1. The van der Waals surface area contributed by atoms with Crippen molar-refractivity contribution in [2.45, 2.75) is 33.2 Å². The zero-order valence-corrected chi connectivity index (χ0v) is 11.1. The van der Waals surface area contributed by atoms with Crippen molar-refractivity contribution >= 4 is 5.97 Å². The Labute approximate surface area is 108 Å². The minimum Gasteiger partial charge on any atom is -0.478 e. The number of rotatable bonds is 4. The summed E-state index contributed by atoms with van der Waals surface area (Å²) in [6, 6.07) is 1.62. The maximum atomic E-state index is 10.8. The minimum absolute atomic E-state index is 0.238. The summed E-state index contributed by atoms with van der Waals surface area (Å²) in [6.45, 7) is 7.44. The normalized spacial score (nSPS) is 18.4. The van der Waals surface area contributed by atoms with Crippen LogP contribution in [0.5, 0.6) is 0 Å². The van der Waals surface area contributed by atoms with E-state index in [0.29, 0.717) is 0 Å². The van der Waals surface area contributed by atoms with E-state index < -0.39 is 5.97 Å². The molecule has 0 atom stereocenters. The van der Waals surface area contributed by atoms with Crippen molar-refractivity contribution in [2.75, 3.05) is 13.1 Å². The van der Waals surface area contributed by atoms with E-state index in [2.05, 4.69) is 18.7 Å². The SMILES string of the molecule is CC(C)C1CCN(Cc2cc(C(=O)O)co2)CC1. The molecule has 1 saturated heterocycles. The van der Waals surface area contributed by atoms with Crippen LogP contribution in [0.2, 0.25) is 0 Å². The van der Waals surface area contributed by atoms with Crippen molar-refractivity contribution in [1.82, 2.24) is 4.90 Å². The lowest BCUT2D eigenvalue weighted by Gasteiger charge is -2.33. The second kappa shape index (κ2) is 5.57. The van der Waals surface area contributed by atoms with Crippen molar-refractivity contribution in [3.8, 4) is 0 Å². The number of likely N-dealkylation sites (tertiary alicyclic amines) is 1. The standard InChI is InChI=1S/C14H21NO3/c1-10(2)11-3-5-15(6-4-11)8-13-7-12(9-18-13)14(16)17/h7,9-11H,3-6,8H2,1-2H3,(H,16,17). The van der Waals surface area contributed by atoms with E-state index in [9.17, 15) is 4.79 Å². The van der Waals surface area contributed by atoms with Crippen molar-refractivity contribution in [1.29, 1.82) is 0 Å². The number of carboxylic acids is 1. The number of carbonyl (C=O) groups is 1. The van der Waals surface area contributed by atoms with Crippen molar-refractivity contribution in [3.05, 3.63) is 23.7 Å². The van der Waals surface area contributed by atoms with Gasteiger partial charge in [-0.2, -0.15) is 0 Å². The zero-order valence-electron chi connectivity index (χ0n) is 11.1. The maximum absolute atomic E-state index is 10.8. The van der Waals surface area contributed by atoms with Crippen LogP contribution >= 0.6 is 0 Å². The van der Waals surface area contributed by atoms with Crippen LogP contribution < -0.4 is 0 Å². The van der Waals surface area contributed by atoms with Gasteiger partial charge < -0.3 is 9.52 Å². The number of hydrogen-bond acceptors (Lipinski definition) is 3. The second-order valence-corrected chi connectivity index (χ2v) is 5.46. The molecule has 0 unspecified atom stereocenters. The van der Waals surface area contributed by atoms with Gasteiger partial charge in [-0.05, 0) is 43.8 Å². The van der Waals surface area contributed by atoms with Crippen LogP contribution in [0.3, 0.4) is 0 Å². The third-order valence-electron chi connectivity index (χ3n) is 3.86. The quantitative estimate of drug-likeness (QED) is 0.894. The Balaban J connectivity index is 1.85. The lowest BCUT2D eigenvalue weighted by molar-refractivity contribution is 0.0696. The molecule has 0 aromatic carbocycles. The number of piperidine rings is 1. The summed E-state index contributed by atoms with van der Waals surface area (Å²) in [5.41, 5.74) is 0.238. The summed E-state index contributed by atoms with van der Waals surface area (Å²) in [7, 11) is 0. The number of hydrogen-bond donors (Lipinski definition) is 1. The lowest BCUT2D eigenvalue weighted by atomic mass is 9.87. The summed E-state index contributed by atoms with van der Waals surface area (Å²) in [5, 5.41) is 8.83. The van der Waals surface area contributed by atoms with Gasteiger partial charge in [0.1, 0.15) is 12.0 Å². The number of carboxylic acid groups (broad SMARTS) is 1. The van der Waals surface area contributed by atoms with Crippen LogP contribution in [0.25, 0.3) is 0 Å². The molecule has 100 valence electrons. The molecule has 0 radical (unpaired) electrons. The van der Waals surface area contributed by atoms with Crippen molar-refractivity contribution < 1.29 is 14.3 Å². The Morgan fingerprint density at radius 1 is 1.50 bits per heavy atom. The molecule has 0 amide bonds. The molecule has 4 heteroatoms. The van der Waals surface area contributed by atoms with Gasteiger partial charge >= 0.3 is 5.97 Å². The first-order chi connectivity index (χ1) is 8.56. The molecule has 2 rings (SSSR count). The van der Waals surface area contributed by atoms with Crippen LogP contribution in [-0.2, 0) is 6.54 Å². The molecule has 0 aliphatic carbocycles. The first-order valence-electron chi connectivity index (χ1n) is 6.59. The molecule has 1 fully saturated rings. The molecule has 1 aromatic rings. The Kier molecular flexibility index (Phi) is 4.07. The first-order valence-corrected chi connectivity index (χ1v) is 6.59. The minimum atomic E-state index is -0.927. The summed E-state index contributed by atoms with van der Waals surface area (Å²) in [4.78, 5) is 13.1. The van der Waals surface area contributed by atoms with E-state index in [1.807, 2.05) is 0 Å². The molecule has 1 aliphatic rings. The molecule has 1 aliphatic heterocycles. The van der Waals surface area contributed by atoms with E-state index in [1.54, 1.807) is 6.07 Å². The zero-order chi connectivity index (χ0) is 13.1. The first kappa shape index (κ1) is 13.1. The second-order valence-electron chi connectivity index (χ2n) is 5.46. The average Bonchev–Trinajstić information content (AvgIpc) is 2.78. The Morgan fingerprint density at radius 3 is 2.67 bits per heavy atom. The van der Waals surface area contributed by atoms with Gasteiger partial charge in [0.05, 0.1) is 12.1 Å². The molecular formula is C14H21NO3. The molecule has 0 bridgehead atoms. The maximum Gasteiger partial charge on any atom is 0.338 e. The van der Waals surface area contributed by atoms with E-state index in [0.717, 1.165) is 37.2 Å². The Morgan fingerprint density at radius 2 is 2.17 bits per heavy atom. The number of aromatic carboxylic acids is 1. The molecule has 4 nitrogen and oxygen atoms in total. The summed E-state index contributed by atoms with van der Waals surface area (Å²) in [5.74, 6) is 1.40. The van der Waals surface area contributed by atoms with Gasteiger partial charge in [-0.1, -0.05) is 13.8 Å². The van der Waals surface area contributed by atoms with Gasteiger partial charge in [0.2, 0.25) is 0 Å². The Bertz CT molecular complexity index is 403. The van der Waals surface area contributed by atoms with E-state index in [-0.39, 0.29) is 5.56 Å². The molecule has 0 saturated carbocycles. The largest absolute Gasteiger partial charge is 0.478 e. The fraction of sp³-hybridized carbons (Fsp3) is 0.643. The molecule has 1 aromatic heterocycles. The topological polar surface area (TPSA) is 53.7 Å². The number of nitrogens with zero attached hydrogens (tertiary/aromatic N) is 1. The average molecular weight is 251 g/mol. The highest BCUT2D eigenvalue weighted by atomic mass is 16.4. The lowest BCUT2D eigenvalue weighted by Crippen LogP contribution is -2.34. The van der Waals surface area contributed by atoms with Crippen LogP contribution in [0, 0.1) is 11.8 Å². The molecule has 0 spiro atoms. The van der Waals surface area contributed by atoms with Crippen LogP contribution in [-0.4, -0.2) is 29.1 Å². The van der Waals surface area contributed by atoms with Crippen LogP contribution in [0.4, 0.5) is 0 Å². The van der Waals surface area contributed by atoms with Gasteiger partial charge in [-0.3, -0.25) is 4.90 Å². The molecule has 18 heavy (non-hydrogen) atoms. The van der Waals surface area contributed by atoms with Gasteiger partial charge in [-0.15, -0.1) is 0 Å². The summed E-state index contributed by atoms with van der Waals surface area (Å²) >= 11 is 0. The fourth-order valence-corrected chi connectivity index (χ4v) is 2.57.